The Morgan fingerprint density at radius 1 is 1.32 bits per heavy atom. The molecule has 1 rings (SSSR count). The van der Waals surface area contributed by atoms with Gasteiger partial charge in [-0.1, -0.05) is 0 Å². The van der Waals surface area contributed by atoms with Crippen LogP contribution in [0.2, 0.25) is 0 Å². The van der Waals surface area contributed by atoms with Gasteiger partial charge in [0.25, 0.3) is 0 Å². The van der Waals surface area contributed by atoms with Gasteiger partial charge in [0.2, 0.25) is 0 Å². The summed E-state index contributed by atoms with van der Waals surface area (Å²) in [5, 5.41) is 3.32. The summed E-state index contributed by atoms with van der Waals surface area (Å²) in [6.45, 7) is 1.24. The van der Waals surface area contributed by atoms with Crippen molar-refractivity contribution < 1.29 is 13.2 Å². The molecule has 0 fully saturated rings. The van der Waals surface area contributed by atoms with Gasteiger partial charge >= 0.3 is 0 Å². The average Bonchev–Trinajstić information content (AvgIpc) is 2.36. The highest BCUT2D eigenvalue weighted by Crippen LogP contribution is 2.15. The first-order chi connectivity index (χ1) is 8.97. The van der Waals surface area contributed by atoms with E-state index in [9.17, 15) is 8.42 Å². The van der Waals surface area contributed by atoms with Crippen LogP contribution >= 0.6 is 0 Å². The van der Waals surface area contributed by atoms with Crippen LogP contribution in [0.5, 0.6) is 0 Å². The second-order valence-corrected chi connectivity index (χ2v) is 6.54. The van der Waals surface area contributed by atoms with Crippen molar-refractivity contribution in [3.8, 4) is 0 Å². The maximum atomic E-state index is 11.4. The normalized spacial score (nSPS) is 13.2. The predicted octanol–water partition coefficient (Wildman–Crippen LogP) is 1.26. The largest absolute Gasteiger partial charge is 0.383 e. The molecule has 0 saturated carbocycles. The van der Waals surface area contributed by atoms with Gasteiger partial charge in [0, 0.05) is 25.1 Å². The Hall–Kier alpha value is -1.11. The zero-order chi connectivity index (χ0) is 14.3. The van der Waals surface area contributed by atoms with E-state index in [1.165, 1.54) is 6.26 Å². The Balaban J connectivity index is 2.69. The van der Waals surface area contributed by atoms with Crippen molar-refractivity contribution in [1.82, 2.24) is 0 Å². The molecule has 108 valence electrons. The van der Waals surface area contributed by atoms with E-state index in [2.05, 4.69) is 5.32 Å². The van der Waals surface area contributed by atoms with E-state index in [4.69, 9.17) is 10.5 Å². The zero-order valence-corrected chi connectivity index (χ0v) is 12.2. The van der Waals surface area contributed by atoms with Crippen molar-refractivity contribution in [3.63, 3.8) is 0 Å². The van der Waals surface area contributed by atoms with E-state index in [1.807, 2.05) is 0 Å². The quantitative estimate of drug-likeness (QED) is 0.752. The van der Waals surface area contributed by atoms with Crippen molar-refractivity contribution in [2.75, 3.05) is 31.8 Å². The minimum absolute atomic E-state index is 0.178. The lowest BCUT2D eigenvalue weighted by molar-refractivity contribution is 0.182. The maximum Gasteiger partial charge on any atom is 0.175 e. The minimum Gasteiger partial charge on any atom is -0.383 e. The van der Waals surface area contributed by atoms with Crippen molar-refractivity contribution in [2.24, 2.45) is 5.73 Å². The highest BCUT2D eigenvalue weighted by molar-refractivity contribution is 7.90. The van der Waals surface area contributed by atoms with Gasteiger partial charge in [-0.15, -0.1) is 0 Å². The molecule has 0 aliphatic heterocycles. The Kier molecular flexibility index (Phi) is 6.27. The Labute approximate surface area is 115 Å². The summed E-state index contributed by atoms with van der Waals surface area (Å²) in [5.74, 6) is 0. The first kappa shape index (κ1) is 15.9. The van der Waals surface area contributed by atoms with Crippen LogP contribution in [0.15, 0.2) is 29.2 Å². The van der Waals surface area contributed by atoms with E-state index in [0.717, 1.165) is 18.5 Å². The fourth-order valence-electron chi connectivity index (χ4n) is 1.80. The maximum absolute atomic E-state index is 11.4. The van der Waals surface area contributed by atoms with Crippen molar-refractivity contribution >= 4 is 15.5 Å². The molecule has 3 N–H and O–H groups in total. The molecule has 1 atom stereocenters. The van der Waals surface area contributed by atoms with Gasteiger partial charge in [-0.3, -0.25) is 0 Å². The van der Waals surface area contributed by atoms with Crippen LogP contribution in [0.25, 0.3) is 0 Å². The second kappa shape index (κ2) is 7.47. The first-order valence-electron chi connectivity index (χ1n) is 6.23. The Morgan fingerprint density at radius 3 is 2.42 bits per heavy atom. The molecule has 0 amide bonds. The molecule has 1 aromatic rings. The van der Waals surface area contributed by atoms with Crippen LogP contribution in [0.4, 0.5) is 5.69 Å². The molecule has 6 heteroatoms. The summed E-state index contributed by atoms with van der Waals surface area (Å²) >= 11 is 0. The molecule has 0 aliphatic carbocycles. The van der Waals surface area contributed by atoms with Crippen LogP contribution in [0.3, 0.4) is 0 Å². The number of hydrogen-bond donors (Lipinski definition) is 2. The predicted molar refractivity (Wildman–Crippen MR) is 77.1 cm³/mol. The molecule has 0 heterocycles. The number of nitrogens with one attached hydrogen (secondary N) is 1. The molecule has 0 saturated heterocycles. The Bertz CT molecular complexity index is 471. The lowest BCUT2D eigenvalue weighted by atomic mass is 10.1. The third kappa shape index (κ3) is 5.59. The lowest BCUT2D eigenvalue weighted by Crippen LogP contribution is -2.25. The van der Waals surface area contributed by atoms with Gasteiger partial charge in [0.15, 0.2) is 9.84 Å². The van der Waals surface area contributed by atoms with Gasteiger partial charge < -0.3 is 15.8 Å². The van der Waals surface area contributed by atoms with Crippen LogP contribution < -0.4 is 11.1 Å². The van der Waals surface area contributed by atoms with Gasteiger partial charge in [-0.2, -0.15) is 0 Å². The van der Waals surface area contributed by atoms with Crippen LogP contribution in [0.1, 0.15) is 12.8 Å². The average molecular weight is 286 g/mol. The third-order valence-corrected chi connectivity index (χ3v) is 3.91. The second-order valence-electron chi connectivity index (χ2n) is 4.52. The van der Waals surface area contributed by atoms with E-state index < -0.39 is 9.84 Å². The SMILES string of the molecule is COCC(CCCN)Nc1ccc(S(C)(=O)=O)cc1. The molecule has 19 heavy (non-hydrogen) atoms. The summed E-state index contributed by atoms with van der Waals surface area (Å²) in [6, 6.07) is 6.91. The summed E-state index contributed by atoms with van der Waals surface area (Å²) in [5.41, 5.74) is 6.38. The van der Waals surface area contributed by atoms with Crippen molar-refractivity contribution in [1.29, 1.82) is 0 Å². The zero-order valence-electron chi connectivity index (χ0n) is 11.4. The number of benzene rings is 1. The van der Waals surface area contributed by atoms with Gasteiger partial charge in [0.1, 0.15) is 0 Å². The standard InChI is InChI=1S/C13H22N2O3S/c1-18-10-12(4-3-9-14)15-11-5-7-13(8-6-11)19(2,16)17/h5-8,12,15H,3-4,9-10,14H2,1-2H3. The van der Waals surface area contributed by atoms with E-state index in [-0.39, 0.29) is 6.04 Å². The summed E-state index contributed by atoms with van der Waals surface area (Å²) < 4.78 is 27.9. The summed E-state index contributed by atoms with van der Waals surface area (Å²) in [7, 11) is -1.48. The molecule has 0 bridgehead atoms. The fourth-order valence-corrected chi connectivity index (χ4v) is 2.43. The highest BCUT2D eigenvalue weighted by Gasteiger charge is 2.09. The van der Waals surface area contributed by atoms with Crippen LogP contribution in [-0.4, -0.2) is 41.0 Å². The smallest absolute Gasteiger partial charge is 0.175 e. The Morgan fingerprint density at radius 2 is 1.95 bits per heavy atom. The number of rotatable bonds is 8. The number of sulfone groups is 1. The van der Waals surface area contributed by atoms with E-state index >= 15 is 0 Å². The van der Waals surface area contributed by atoms with Crippen LogP contribution in [-0.2, 0) is 14.6 Å². The number of nitrogens with two attached hydrogens (primary N) is 1. The number of anilines is 1. The summed E-state index contributed by atoms with van der Waals surface area (Å²) in [6.07, 6.45) is 3.03. The summed E-state index contributed by atoms with van der Waals surface area (Å²) in [4.78, 5) is 0.322. The lowest BCUT2D eigenvalue weighted by Gasteiger charge is -2.19. The highest BCUT2D eigenvalue weighted by atomic mass is 32.2. The van der Waals surface area contributed by atoms with Gasteiger partial charge in [0.05, 0.1) is 11.5 Å². The molecule has 5 nitrogen and oxygen atoms in total. The monoisotopic (exact) mass is 286 g/mol. The minimum atomic E-state index is -3.14. The topological polar surface area (TPSA) is 81.4 Å². The van der Waals surface area contributed by atoms with Gasteiger partial charge in [-0.25, -0.2) is 8.42 Å². The first-order valence-corrected chi connectivity index (χ1v) is 8.12. The number of methoxy groups -OCH3 is 1. The molecule has 0 spiro atoms. The van der Waals surface area contributed by atoms with Crippen molar-refractivity contribution in [3.05, 3.63) is 24.3 Å². The molecular weight excluding hydrogens is 264 g/mol. The van der Waals surface area contributed by atoms with Gasteiger partial charge in [-0.05, 0) is 43.7 Å². The fraction of sp³-hybridized carbons (Fsp3) is 0.538. The number of ether oxygens (including phenoxy) is 1. The molecule has 1 aromatic carbocycles. The molecule has 0 aromatic heterocycles. The molecular formula is C13H22N2O3S. The van der Waals surface area contributed by atoms with Crippen molar-refractivity contribution in [2.45, 2.75) is 23.8 Å². The molecule has 0 aliphatic rings. The molecule has 1 unspecified atom stereocenters. The van der Waals surface area contributed by atoms with Crippen LogP contribution in [0, 0.1) is 0 Å². The molecule has 0 radical (unpaired) electrons. The van der Waals surface area contributed by atoms with E-state index in [1.54, 1.807) is 31.4 Å². The van der Waals surface area contributed by atoms with E-state index in [0.29, 0.717) is 18.0 Å². The number of hydrogen-bond acceptors (Lipinski definition) is 5. The third-order valence-electron chi connectivity index (χ3n) is 2.78.